The van der Waals surface area contributed by atoms with E-state index in [4.69, 9.17) is 21.1 Å². The van der Waals surface area contributed by atoms with Gasteiger partial charge in [0.2, 0.25) is 5.91 Å². The highest BCUT2D eigenvalue weighted by Crippen LogP contribution is 2.31. The van der Waals surface area contributed by atoms with Crippen molar-refractivity contribution in [1.82, 2.24) is 4.90 Å². The lowest BCUT2D eigenvalue weighted by molar-refractivity contribution is -0.130. The van der Waals surface area contributed by atoms with Crippen molar-refractivity contribution >= 4 is 34.6 Å². The minimum Gasteiger partial charge on any atom is -0.486 e. The number of ether oxygens (including phenoxy) is 2. The van der Waals surface area contributed by atoms with Crippen LogP contribution in [0.3, 0.4) is 0 Å². The highest BCUT2D eigenvalue weighted by molar-refractivity contribution is 7.18. The molecule has 1 aliphatic heterocycles. The van der Waals surface area contributed by atoms with Gasteiger partial charge in [-0.15, -0.1) is 11.3 Å². The van der Waals surface area contributed by atoms with Crippen LogP contribution < -0.4 is 9.47 Å². The van der Waals surface area contributed by atoms with Gasteiger partial charge in [0.25, 0.3) is 0 Å². The summed E-state index contributed by atoms with van der Waals surface area (Å²) >= 11 is 7.07. The van der Waals surface area contributed by atoms with Crippen molar-refractivity contribution in [3.63, 3.8) is 0 Å². The number of benzene rings is 1. The number of carbonyl (C=O) groups is 2. The number of thiophene rings is 1. The Morgan fingerprint density at radius 2 is 1.88 bits per heavy atom. The molecule has 0 radical (unpaired) electrons. The van der Waals surface area contributed by atoms with Gasteiger partial charge in [0.15, 0.2) is 17.3 Å². The van der Waals surface area contributed by atoms with Crippen molar-refractivity contribution in [3.8, 4) is 11.5 Å². The number of halogens is 1. The molecule has 1 aliphatic rings. The molecule has 0 saturated heterocycles. The van der Waals surface area contributed by atoms with Crippen molar-refractivity contribution in [2.45, 2.75) is 19.4 Å². The van der Waals surface area contributed by atoms with E-state index in [1.807, 2.05) is 18.2 Å². The van der Waals surface area contributed by atoms with Gasteiger partial charge in [-0.2, -0.15) is 0 Å². The average molecular weight is 380 g/mol. The lowest BCUT2D eigenvalue weighted by Gasteiger charge is -2.21. The Labute approximate surface area is 155 Å². The molecule has 0 N–H and O–H groups in total. The van der Waals surface area contributed by atoms with Crippen LogP contribution in [-0.4, -0.2) is 36.9 Å². The van der Waals surface area contributed by atoms with E-state index in [0.717, 1.165) is 11.3 Å². The summed E-state index contributed by atoms with van der Waals surface area (Å²) in [4.78, 5) is 26.5. The molecular formula is C18H18ClNO4S. The maximum absolute atomic E-state index is 12.3. The number of ketones is 1. The van der Waals surface area contributed by atoms with Gasteiger partial charge >= 0.3 is 0 Å². The molecule has 0 bridgehead atoms. The summed E-state index contributed by atoms with van der Waals surface area (Å²) in [5, 5.41) is 0. The number of Topliss-reactive ketones (excluding diaryl/α,β-unsaturated/α-hetero) is 1. The highest BCUT2D eigenvalue weighted by Gasteiger charge is 2.16. The van der Waals surface area contributed by atoms with Crippen molar-refractivity contribution < 1.29 is 19.1 Å². The number of nitrogens with zero attached hydrogens (tertiary/aromatic N) is 1. The Hall–Kier alpha value is -2.05. The van der Waals surface area contributed by atoms with Crippen molar-refractivity contribution in [2.75, 3.05) is 20.3 Å². The Bertz CT molecular complexity index is 789. The summed E-state index contributed by atoms with van der Waals surface area (Å²) in [5.74, 6) is 1.29. The number of hydrogen-bond acceptors (Lipinski definition) is 5. The molecule has 7 heteroatoms. The van der Waals surface area contributed by atoms with E-state index in [0.29, 0.717) is 34.7 Å². The molecule has 1 aromatic heterocycles. The van der Waals surface area contributed by atoms with Crippen LogP contribution in [0, 0.1) is 0 Å². The first-order valence-corrected chi connectivity index (χ1v) is 9.13. The van der Waals surface area contributed by atoms with Gasteiger partial charge < -0.3 is 14.4 Å². The fraction of sp³-hybridized carbons (Fsp3) is 0.333. The largest absolute Gasteiger partial charge is 0.486 e. The van der Waals surface area contributed by atoms with E-state index < -0.39 is 0 Å². The monoisotopic (exact) mass is 379 g/mol. The first-order valence-electron chi connectivity index (χ1n) is 7.94. The topological polar surface area (TPSA) is 55.8 Å². The van der Waals surface area contributed by atoms with Gasteiger partial charge in [-0.05, 0) is 29.8 Å². The third-order valence-electron chi connectivity index (χ3n) is 3.87. The van der Waals surface area contributed by atoms with Gasteiger partial charge in [-0.1, -0.05) is 17.7 Å². The van der Waals surface area contributed by atoms with E-state index in [1.165, 1.54) is 11.3 Å². The summed E-state index contributed by atoms with van der Waals surface area (Å²) in [5.41, 5.74) is 0.955. The molecule has 2 heterocycles. The summed E-state index contributed by atoms with van der Waals surface area (Å²) in [6.07, 6.45) is 0.358. The molecule has 2 aromatic rings. The zero-order valence-electron chi connectivity index (χ0n) is 13.8. The lowest BCUT2D eigenvalue weighted by Crippen LogP contribution is -2.26. The van der Waals surface area contributed by atoms with E-state index in [-0.39, 0.29) is 24.5 Å². The molecule has 3 rings (SSSR count). The predicted octanol–water partition coefficient (Wildman–Crippen LogP) is 3.79. The van der Waals surface area contributed by atoms with Crippen LogP contribution in [-0.2, 0) is 11.3 Å². The second-order valence-corrected chi connectivity index (χ2v) is 7.47. The summed E-state index contributed by atoms with van der Waals surface area (Å²) < 4.78 is 11.6. The SMILES string of the molecule is CN(Cc1ccc2c(c1)OCCO2)C(=O)CCC(=O)c1ccc(Cl)s1. The van der Waals surface area contributed by atoms with Crippen LogP contribution in [0.5, 0.6) is 11.5 Å². The van der Waals surface area contributed by atoms with Gasteiger partial charge in [0, 0.05) is 26.4 Å². The number of rotatable bonds is 6. The van der Waals surface area contributed by atoms with Crippen LogP contribution in [0.25, 0.3) is 0 Å². The van der Waals surface area contributed by atoms with Crippen molar-refractivity contribution in [1.29, 1.82) is 0 Å². The molecule has 132 valence electrons. The van der Waals surface area contributed by atoms with Crippen molar-refractivity contribution in [2.24, 2.45) is 0 Å². The van der Waals surface area contributed by atoms with Crippen molar-refractivity contribution in [3.05, 3.63) is 45.1 Å². The predicted molar refractivity (Wildman–Crippen MR) is 96.8 cm³/mol. The number of carbonyl (C=O) groups excluding carboxylic acids is 2. The summed E-state index contributed by atoms with van der Waals surface area (Å²) in [7, 11) is 1.73. The maximum atomic E-state index is 12.3. The summed E-state index contributed by atoms with van der Waals surface area (Å²) in [6.45, 7) is 1.53. The molecule has 0 saturated carbocycles. The molecule has 0 fully saturated rings. The molecular weight excluding hydrogens is 362 g/mol. The zero-order chi connectivity index (χ0) is 17.8. The number of hydrogen-bond donors (Lipinski definition) is 0. The number of amides is 1. The van der Waals surface area contributed by atoms with Crippen LogP contribution in [0.4, 0.5) is 0 Å². The van der Waals surface area contributed by atoms with Gasteiger partial charge in [-0.25, -0.2) is 0 Å². The first-order chi connectivity index (χ1) is 12.0. The molecule has 0 atom stereocenters. The lowest BCUT2D eigenvalue weighted by atomic mass is 10.1. The average Bonchev–Trinajstić information content (AvgIpc) is 3.05. The third kappa shape index (κ3) is 4.52. The maximum Gasteiger partial charge on any atom is 0.223 e. The van der Waals surface area contributed by atoms with Gasteiger partial charge in [-0.3, -0.25) is 9.59 Å². The Balaban J connectivity index is 1.53. The molecule has 1 amide bonds. The fourth-order valence-electron chi connectivity index (χ4n) is 2.55. The minimum atomic E-state index is -0.0779. The molecule has 25 heavy (non-hydrogen) atoms. The van der Waals surface area contributed by atoms with Crippen LogP contribution in [0.1, 0.15) is 28.1 Å². The molecule has 0 aliphatic carbocycles. The smallest absolute Gasteiger partial charge is 0.223 e. The molecule has 1 aromatic carbocycles. The van der Waals surface area contributed by atoms with Crippen LogP contribution in [0.15, 0.2) is 30.3 Å². The highest BCUT2D eigenvalue weighted by atomic mass is 35.5. The zero-order valence-corrected chi connectivity index (χ0v) is 15.4. The summed E-state index contributed by atoms with van der Waals surface area (Å²) in [6, 6.07) is 9.04. The molecule has 5 nitrogen and oxygen atoms in total. The van der Waals surface area contributed by atoms with E-state index in [2.05, 4.69) is 0 Å². The number of fused-ring (bicyclic) bond motifs is 1. The van der Waals surface area contributed by atoms with E-state index in [9.17, 15) is 9.59 Å². The minimum absolute atomic E-state index is 0.0574. The second kappa shape index (κ2) is 7.89. The molecule has 0 spiro atoms. The second-order valence-electron chi connectivity index (χ2n) is 5.75. The van der Waals surface area contributed by atoms with E-state index >= 15 is 0 Å². The Morgan fingerprint density at radius 1 is 1.12 bits per heavy atom. The quantitative estimate of drug-likeness (QED) is 0.716. The Kier molecular flexibility index (Phi) is 5.60. The van der Waals surface area contributed by atoms with Gasteiger partial charge in [0.05, 0.1) is 9.21 Å². The van der Waals surface area contributed by atoms with Crippen LogP contribution in [0.2, 0.25) is 4.34 Å². The van der Waals surface area contributed by atoms with E-state index in [1.54, 1.807) is 24.1 Å². The normalized spacial score (nSPS) is 12.7. The van der Waals surface area contributed by atoms with Crippen LogP contribution >= 0.6 is 22.9 Å². The van der Waals surface area contributed by atoms with Gasteiger partial charge in [0.1, 0.15) is 13.2 Å². The Morgan fingerprint density at radius 3 is 2.60 bits per heavy atom. The fourth-order valence-corrected chi connectivity index (χ4v) is 3.56. The standard InChI is InChI=1S/C18H18ClNO4S/c1-20(11-12-2-4-14-15(10-12)24-9-8-23-14)18(22)7-3-13(21)16-5-6-17(19)25-16/h2,4-6,10H,3,7-9,11H2,1H3. The third-order valence-corrected chi connectivity index (χ3v) is 5.14. The molecule has 0 unspecified atom stereocenters. The first kappa shape index (κ1) is 17.8.